The van der Waals surface area contributed by atoms with Crippen LogP contribution in [0.25, 0.3) is 0 Å². The molecule has 2 rings (SSSR count). The number of aliphatic hydroxyl groups excluding tert-OH is 1. The number of rotatable bonds is 11. The summed E-state index contributed by atoms with van der Waals surface area (Å²) < 4.78 is 26.9. The van der Waals surface area contributed by atoms with Gasteiger partial charge in [0.1, 0.15) is 11.6 Å². The third-order valence-electron chi connectivity index (χ3n) is 4.95. The number of halogens is 2. The van der Waals surface area contributed by atoms with Gasteiger partial charge in [0.25, 0.3) is 0 Å². The molecule has 0 fully saturated rings. The molecule has 3 N–H and O–H groups in total. The van der Waals surface area contributed by atoms with Gasteiger partial charge in [-0.1, -0.05) is 30.3 Å². The molecule has 168 valence electrons. The summed E-state index contributed by atoms with van der Waals surface area (Å²) in [4.78, 5) is 23.7. The standard InChI is InChI=1S/C24H30F2N2O3/c1-16(27-24(31)10-6-9-18-7-4-3-5-8-18)11-23(30)22(28-17(2)29)14-19-12-20(25)15-21(26)13-19/h3-5,7-8,12-13,15-16,22-23,30H,6,9-11,14H2,1-2H3,(H,27,31)(H,28,29)/t16?,22-,23-/m0/s1. The summed E-state index contributed by atoms with van der Waals surface area (Å²) in [5.74, 6) is -1.91. The van der Waals surface area contributed by atoms with Crippen molar-refractivity contribution in [1.82, 2.24) is 10.6 Å². The van der Waals surface area contributed by atoms with Crippen LogP contribution < -0.4 is 10.6 Å². The predicted octanol–water partition coefficient (Wildman–Crippen LogP) is 3.29. The van der Waals surface area contributed by atoms with Crippen molar-refractivity contribution in [2.24, 2.45) is 0 Å². The zero-order valence-electron chi connectivity index (χ0n) is 17.9. The number of aryl methyl sites for hydroxylation is 1. The average Bonchev–Trinajstić information content (AvgIpc) is 2.67. The number of hydrogen-bond acceptors (Lipinski definition) is 3. The van der Waals surface area contributed by atoms with E-state index in [1.165, 1.54) is 24.6 Å². The van der Waals surface area contributed by atoms with Gasteiger partial charge in [-0.25, -0.2) is 8.78 Å². The second-order valence-electron chi connectivity index (χ2n) is 7.90. The molecule has 1 unspecified atom stereocenters. The number of aliphatic hydroxyl groups is 1. The molecule has 2 aromatic rings. The van der Waals surface area contributed by atoms with E-state index in [2.05, 4.69) is 10.6 Å². The van der Waals surface area contributed by atoms with Gasteiger partial charge < -0.3 is 15.7 Å². The highest BCUT2D eigenvalue weighted by Gasteiger charge is 2.24. The van der Waals surface area contributed by atoms with E-state index in [-0.39, 0.29) is 30.7 Å². The Morgan fingerprint density at radius 1 is 1.00 bits per heavy atom. The second-order valence-corrected chi connectivity index (χ2v) is 7.90. The fourth-order valence-electron chi connectivity index (χ4n) is 3.56. The molecule has 0 bridgehead atoms. The lowest BCUT2D eigenvalue weighted by Gasteiger charge is -2.26. The summed E-state index contributed by atoms with van der Waals surface area (Å²) >= 11 is 0. The summed E-state index contributed by atoms with van der Waals surface area (Å²) in [7, 11) is 0. The van der Waals surface area contributed by atoms with Gasteiger partial charge in [-0.2, -0.15) is 0 Å². The summed E-state index contributed by atoms with van der Waals surface area (Å²) in [6.45, 7) is 3.08. The Bertz CT molecular complexity index is 841. The number of carbonyl (C=O) groups is 2. The summed E-state index contributed by atoms with van der Waals surface area (Å²) in [6, 6.07) is 11.9. The van der Waals surface area contributed by atoms with Gasteiger partial charge in [-0.15, -0.1) is 0 Å². The quantitative estimate of drug-likeness (QED) is 0.510. The Morgan fingerprint density at radius 3 is 2.26 bits per heavy atom. The molecule has 0 aliphatic heterocycles. The molecule has 0 aromatic heterocycles. The first-order chi connectivity index (χ1) is 14.7. The van der Waals surface area contributed by atoms with E-state index in [9.17, 15) is 23.5 Å². The van der Waals surface area contributed by atoms with E-state index in [1.807, 2.05) is 30.3 Å². The number of nitrogens with one attached hydrogen (secondary N) is 2. The molecule has 0 aliphatic carbocycles. The van der Waals surface area contributed by atoms with Crippen molar-refractivity contribution >= 4 is 11.8 Å². The number of carbonyl (C=O) groups excluding carboxylic acids is 2. The zero-order valence-corrected chi connectivity index (χ0v) is 17.9. The smallest absolute Gasteiger partial charge is 0.220 e. The van der Waals surface area contributed by atoms with E-state index in [0.29, 0.717) is 18.4 Å². The van der Waals surface area contributed by atoms with Crippen LogP contribution in [-0.2, 0) is 22.4 Å². The maximum Gasteiger partial charge on any atom is 0.220 e. The summed E-state index contributed by atoms with van der Waals surface area (Å²) in [6.07, 6.45) is 1.13. The summed E-state index contributed by atoms with van der Waals surface area (Å²) in [5, 5.41) is 16.1. The fraction of sp³-hybridized carbons (Fsp3) is 0.417. The van der Waals surface area contributed by atoms with Crippen LogP contribution in [0.5, 0.6) is 0 Å². The normalized spacial score (nSPS) is 13.8. The Labute approximate surface area is 181 Å². The van der Waals surface area contributed by atoms with Crippen molar-refractivity contribution < 1.29 is 23.5 Å². The molecular weight excluding hydrogens is 402 g/mol. The molecule has 3 atom stereocenters. The van der Waals surface area contributed by atoms with Crippen molar-refractivity contribution in [3.05, 3.63) is 71.3 Å². The third-order valence-corrected chi connectivity index (χ3v) is 4.95. The van der Waals surface area contributed by atoms with E-state index >= 15 is 0 Å². The second kappa shape index (κ2) is 12.2. The maximum absolute atomic E-state index is 13.5. The van der Waals surface area contributed by atoms with Crippen LogP contribution in [0, 0.1) is 11.6 Å². The Kier molecular flexibility index (Phi) is 9.59. The lowest BCUT2D eigenvalue weighted by Crippen LogP contribution is -2.47. The minimum atomic E-state index is -1.00. The first-order valence-electron chi connectivity index (χ1n) is 10.5. The van der Waals surface area contributed by atoms with Crippen molar-refractivity contribution in [3.63, 3.8) is 0 Å². The van der Waals surface area contributed by atoms with Crippen LogP contribution in [0.2, 0.25) is 0 Å². The van der Waals surface area contributed by atoms with Crippen LogP contribution in [0.3, 0.4) is 0 Å². The van der Waals surface area contributed by atoms with Gasteiger partial charge in [0.15, 0.2) is 0 Å². The van der Waals surface area contributed by atoms with Gasteiger partial charge in [-0.05, 0) is 55.9 Å². The maximum atomic E-state index is 13.5. The highest BCUT2D eigenvalue weighted by molar-refractivity contribution is 5.76. The Hall–Kier alpha value is -2.80. The van der Waals surface area contributed by atoms with Crippen LogP contribution in [0.15, 0.2) is 48.5 Å². The molecule has 7 heteroatoms. The topological polar surface area (TPSA) is 78.4 Å². The van der Waals surface area contributed by atoms with Gasteiger partial charge in [0.05, 0.1) is 12.1 Å². The van der Waals surface area contributed by atoms with Crippen molar-refractivity contribution in [2.75, 3.05) is 0 Å². The molecule has 0 heterocycles. The van der Waals surface area contributed by atoms with Gasteiger partial charge in [-0.3, -0.25) is 9.59 Å². The van der Waals surface area contributed by atoms with Gasteiger partial charge in [0.2, 0.25) is 11.8 Å². The molecule has 0 aliphatic rings. The third kappa shape index (κ3) is 9.26. The van der Waals surface area contributed by atoms with Crippen LogP contribution >= 0.6 is 0 Å². The molecule has 2 aromatic carbocycles. The molecule has 5 nitrogen and oxygen atoms in total. The molecule has 2 amide bonds. The SMILES string of the molecule is CC(=O)N[C@@H](Cc1cc(F)cc(F)c1)[C@@H](O)CC(C)NC(=O)CCCc1ccccc1. The highest BCUT2D eigenvalue weighted by Crippen LogP contribution is 2.14. The first-order valence-corrected chi connectivity index (χ1v) is 10.5. The van der Waals surface area contributed by atoms with Gasteiger partial charge in [0, 0.05) is 25.5 Å². The molecule has 0 saturated carbocycles. The molecule has 31 heavy (non-hydrogen) atoms. The first kappa shape index (κ1) is 24.5. The number of hydrogen-bond donors (Lipinski definition) is 3. The number of benzene rings is 2. The van der Waals surface area contributed by atoms with Gasteiger partial charge >= 0.3 is 0 Å². The largest absolute Gasteiger partial charge is 0.391 e. The highest BCUT2D eigenvalue weighted by atomic mass is 19.1. The molecule has 0 saturated heterocycles. The monoisotopic (exact) mass is 432 g/mol. The zero-order chi connectivity index (χ0) is 22.8. The van der Waals surface area contributed by atoms with Crippen molar-refractivity contribution in [2.45, 2.75) is 64.1 Å². The molecular formula is C24H30F2N2O3. The van der Waals surface area contributed by atoms with E-state index in [0.717, 1.165) is 12.5 Å². The lowest BCUT2D eigenvalue weighted by atomic mass is 9.96. The van der Waals surface area contributed by atoms with Crippen molar-refractivity contribution in [1.29, 1.82) is 0 Å². The van der Waals surface area contributed by atoms with Crippen molar-refractivity contribution in [3.8, 4) is 0 Å². The fourth-order valence-corrected chi connectivity index (χ4v) is 3.56. The molecule has 0 spiro atoms. The van der Waals surface area contributed by atoms with Crippen LogP contribution in [0.4, 0.5) is 8.78 Å². The van der Waals surface area contributed by atoms with Crippen LogP contribution in [-0.4, -0.2) is 35.1 Å². The summed E-state index contributed by atoms with van der Waals surface area (Å²) in [5.41, 5.74) is 1.50. The minimum absolute atomic E-state index is 0.0627. The predicted molar refractivity (Wildman–Crippen MR) is 115 cm³/mol. The minimum Gasteiger partial charge on any atom is -0.391 e. The number of amides is 2. The Balaban J connectivity index is 1.85. The van der Waals surface area contributed by atoms with E-state index in [4.69, 9.17) is 0 Å². The van der Waals surface area contributed by atoms with E-state index < -0.39 is 23.8 Å². The lowest BCUT2D eigenvalue weighted by molar-refractivity contribution is -0.123. The Morgan fingerprint density at radius 2 is 1.65 bits per heavy atom. The van der Waals surface area contributed by atoms with E-state index in [1.54, 1.807) is 6.92 Å². The average molecular weight is 433 g/mol. The molecule has 0 radical (unpaired) electrons. The van der Waals surface area contributed by atoms with Crippen LogP contribution in [0.1, 0.15) is 44.2 Å².